The van der Waals surface area contributed by atoms with Crippen LogP contribution in [0.2, 0.25) is 5.02 Å². The van der Waals surface area contributed by atoms with Crippen LogP contribution in [0.25, 0.3) is 0 Å². The molecule has 1 aromatic heterocycles. The monoisotopic (exact) mass is 347 g/mol. The van der Waals surface area contributed by atoms with Gasteiger partial charge in [-0.3, -0.25) is 4.79 Å². The molecule has 126 valence electrons. The van der Waals surface area contributed by atoms with E-state index in [4.69, 9.17) is 16.7 Å². The molecule has 2 aromatic rings. The first-order valence-corrected chi connectivity index (χ1v) is 7.73. The standard InChI is InChI=1S/C17H18ClN3O3/c1-17(2,7-11-4-3-5-12(18)6-11)10-21-15(22)13-8-20-14(9-19-13)16(23)24/h3-6,8-9H,7,10H2,1-2H3,(H,21,22)(H,23,24). The zero-order valence-electron chi connectivity index (χ0n) is 13.4. The first-order chi connectivity index (χ1) is 11.3. The Morgan fingerprint density at radius 2 is 1.88 bits per heavy atom. The molecule has 0 saturated carbocycles. The average molecular weight is 348 g/mol. The van der Waals surface area contributed by atoms with E-state index >= 15 is 0 Å². The van der Waals surface area contributed by atoms with Gasteiger partial charge < -0.3 is 10.4 Å². The highest BCUT2D eigenvalue weighted by Gasteiger charge is 2.21. The van der Waals surface area contributed by atoms with Gasteiger partial charge in [-0.25, -0.2) is 14.8 Å². The summed E-state index contributed by atoms with van der Waals surface area (Å²) in [6, 6.07) is 7.61. The minimum Gasteiger partial charge on any atom is -0.476 e. The van der Waals surface area contributed by atoms with E-state index in [2.05, 4.69) is 15.3 Å². The molecule has 1 heterocycles. The molecule has 0 fully saturated rings. The highest BCUT2D eigenvalue weighted by Crippen LogP contribution is 2.22. The number of carboxylic acids is 1. The third-order valence-corrected chi connectivity index (χ3v) is 3.64. The van der Waals surface area contributed by atoms with Crippen LogP contribution < -0.4 is 5.32 Å². The van der Waals surface area contributed by atoms with Crippen LogP contribution in [0.4, 0.5) is 0 Å². The molecule has 1 aromatic carbocycles. The molecule has 7 heteroatoms. The molecule has 0 radical (unpaired) electrons. The van der Waals surface area contributed by atoms with Gasteiger partial charge in [-0.1, -0.05) is 37.6 Å². The number of aromatic nitrogens is 2. The lowest BCUT2D eigenvalue weighted by Gasteiger charge is -2.25. The Bertz CT molecular complexity index is 745. The quantitative estimate of drug-likeness (QED) is 0.838. The summed E-state index contributed by atoms with van der Waals surface area (Å²) in [5.74, 6) is -1.57. The van der Waals surface area contributed by atoms with Crippen molar-refractivity contribution in [2.24, 2.45) is 5.41 Å². The maximum absolute atomic E-state index is 12.1. The molecule has 2 N–H and O–H groups in total. The van der Waals surface area contributed by atoms with Crippen LogP contribution in [0.1, 0.15) is 40.4 Å². The van der Waals surface area contributed by atoms with Crippen LogP contribution in [0.5, 0.6) is 0 Å². The fourth-order valence-corrected chi connectivity index (χ4v) is 2.44. The number of benzene rings is 1. The summed E-state index contributed by atoms with van der Waals surface area (Å²) >= 11 is 5.99. The van der Waals surface area contributed by atoms with E-state index in [1.807, 2.05) is 38.1 Å². The minimum absolute atomic E-state index is 0.0820. The van der Waals surface area contributed by atoms with Crippen molar-refractivity contribution in [3.05, 3.63) is 58.6 Å². The van der Waals surface area contributed by atoms with Crippen LogP contribution >= 0.6 is 11.6 Å². The van der Waals surface area contributed by atoms with Gasteiger partial charge in [-0.05, 0) is 29.5 Å². The Kier molecular flexibility index (Phi) is 5.51. The summed E-state index contributed by atoms with van der Waals surface area (Å²) < 4.78 is 0. The predicted molar refractivity (Wildman–Crippen MR) is 90.3 cm³/mol. The van der Waals surface area contributed by atoms with E-state index in [1.54, 1.807) is 0 Å². The van der Waals surface area contributed by atoms with Gasteiger partial charge in [0, 0.05) is 11.6 Å². The van der Waals surface area contributed by atoms with Crippen LogP contribution in [0.15, 0.2) is 36.7 Å². The second-order valence-electron chi connectivity index (χ2n) is 6.25. The van der Waals surface area contributed by atoms with Gasteiger partial charge in [-0.15, -0.1) is 0 Å². The van der Waals surface area contributed by atoms with Gasteiger partial charge in [0.05, 0.1) is 12.4 Å². The predicted octanol–water partition coefficient (Wildman–Crippen LogP) is 2.83. The van der Waals surface area contributed by atoms with Gasteiger partial charge >= 0.3 is 5.97 Å². The molecule has 0 aliphatic heterocycles. The van der Waals surface area contributed by atoms with E-state index in [-0.39, 0.29) is 16.8 Å². The Hall–Kier alpha value is -2.47. The molecule has 1 amide bonds. The maximum atomic E-state index is 12.1. The number of rotatable bonds is 6. The number of amides is 1. The Balaban J connectivity index is 1.95. The number of hydrogen-bond acceptors (Lipinski definition) is 4. The fraction of sp³-hybridized carbons (Fsp3) is 0.294. The smallest absolute Gasteiger partial charge is 0.356 e. The number of carboxylic acid groups (broad SMARTS) is 1. The second kappa shape index (κ2) is 7.40. The normalized spacial score (nSPS) is 11.1. The van der Waals surface area contributed by atoms with Crippen molar-refractivity contribution in [2.45, 2.75) is 20.3 Å². The number of hydrogen-bond donors (Lipinski definition) is 2. The molecule has 0 aliphatic rings. The van der Waals surface area contributed by atoms with Crippen molar-refractivity contribution in [1.29, 1.82) is 0 Å². The molecule has 2 rings (SSSR count). The van der Waals surface area contributed by atoms with Crippen LogP contribution in [-0.4, -0.2) is 33.5 Å². The van der Waals surface area contributed by atoms with Crippen molar-refractivity contribution in [1.82, 2.24) is 15.3 Å². The molecular formula is C17H18ClN3O3. The number of carbonyl (C=O) groups is 2. The topological polar surface area (TPSA) is 92.2 Å². The summed E-state index contributed by atoms with van der Waals surface area (Å²) in [5.41, 5.74) is 0.785. The van der Waals surface area contributed by atoms with Gasteiger partial charge in [0.1, 0.15) is 5.69 Å². The van der Waals surface area contributed by atoms with E-state index < -0.39 is 11.9 Å². The highest BCUT2D eigenvalue weighted by molar-refractivity contribution is 6.30. The fourth-order valence-electron chi connectivity index (χ4n) is 2.23. The van der Waals surface area contributed by atoms with Gasteiger partial charge in [0.2, 0.25) is 0 Å². The SMILES string of the molecule is CC(C)(CNC(=O)c1cnc(C(=O)O)cn1)Cc1cccc(Cl)c1. The third kappa shape index (κ3) is 5.03. The summed E-state index contributed by atoms with van der Waals surface area (Å²) in [6.07, 6.45) is 2.97. The molecule has 0 spiro atoms. The lowest BCUT2D eigenvalue weighted by atomic mass is 9.85. The summed E-state index contributed by atoms with van der Waals surface area (Å²) in [5, 5.41) is 12.3. The second-order valence-corrected chi connectivity index (χ2v) is 6.68. The molecule has 0 saturated heterocycles. The molecular weight excluding hydrogens is 330 g/mol. The zero-order valence-corrected chi connectivity index (χ0v) is 14.2. The van der Waals surface area contributed by atoms with E-state index in [9.17, 15) is 9.59 Å². The first-order valence-electron chi connectivity index (χ1n) is 7.35. The maximum Gasteiger partial charge on any atom is 0.356 e. The largest absolute Gasteiger partial charge is 0.476 e. The molecule has 0 atom stereocenters. The van der Waals surface area contributed by atoms with E-state index in [0.717, 1.165) is 24.4 Å². The molecule has 0 unspecified atom stereocenters. The van der Waals surface area contributed by atoms with Crippen LogP contribution in [0, 0.1) is 5.41 Å². The number of aromatic carboxylic acids is 1. The number of nitrogens with one attached hydrogen (secondary N) is 1. The molecule has 6 nitrogen and oxygen atoms in total. The van der Waals surface area contributed by atoms with E-state index in [1.165, 1.54) is 0 Å². The van der Waals surface area contributed by atoms with Crippen molar-refractivity contribution in [3.8, 4) is 0 Å². The molecule has 0 aliphatic carbocycles. The number of halogens is 1. The van der Waals surface area contributed by atoms with Gasteiger partial charge in [0.15, 0.2) is 5.69 Å². The molecule has 0 bridgehead atoms. The van der Waals surface area contributed by atoms with Gasteiger partial charge in [-0.2, -0.15) is 0 Å². The van der Waals surface area contributed by atoms with Crippen molar-refractivity contribution in [3.63, 3.8) is 0 Å². The van der Waals surface area contributed by atoms with Crippen molar-refractivity contribution < 1.29 is 14.7 Å². The Morgan fingerprint density at radius 3 is 2.46 bits per heavy atom. The number of nitrogens with zero attached hydrogens (tertiary/aromatic N) is 2. The van der Waals surface area contributed by atoms with E-state index in [0.29, 0.717) is 11.6 Å². The molecule has 24 heavy (non-hydrogen) atoms. The van der Waals surface area contributed by atoms with Gasteiger partial charge in [0.25, 0.3) is 5.91 Å². The lowest BCUT2D eigenvalue weighted by molar-refractivity contribution is 0.0689. The third-order valence-electron chi connectivity index (χ3n) is 3.40. The summed E-state index contributed by atoms with van der Waals surface area (Å²) in [4.78, 5) is 30.3. The van der Waals surface area contributed by atoms with Crippen molar-refractivity contribution in [2.75, 3.05) is 6.54 Å². The van der Waals surface area contributed by atoms with Crippen molar-refractivity contribution >= 4 is 23.5 Å². The first kappa shape index (κ1) is 17.9. The number of carbonyl (C=O) groups excluding carboxylic acids is 1. The zero-order chi connectivity index (χ0) is 17.7. The Labute approximate surface area is 144 Å². The van der Waals surface area contributed by atoms with Crippen LogP contribution in [0.3, 0.4) is 0 Å². The summed E-state index contributed by atoms with van der Waals surface area (Å²) in [6.45, 7) is 4.50. The lowest BCUT2D eigenvalue weighted by Crippen LogP contribution is -2.35. The minimum atomic E-state index is -1.18. The summed E-state index contributed by atoms with van der Waals surface area (Å²) in [7, 11) is 0. The van der Waals surface area contributed by atoms with Crippen LogP contribution in [-0.2, 0) is 6.42 Å². The highest BCUT2D eigenvalue weighted by atomic mass is 35.5. The average Bonchev–Trinajstić information content (AvgIpc) is 2.52. The Morgan fingerprint density at radius 1 is 1.21 bits per heavy atom.